The monoisotopic (exact) mass is 362 g/mol. The summed E-state index contributed by atoms with van der Waals surface area (Å²) in [6, 6.07) is 10.4. The second-order valence-corrected chi connectivity index (χ2v) is 6.10. The van der Waals surface area contributed by atoms with Crippen molar-refractivity contribution in [1.29, 1.82) is 0 Å². The van der Waals surface area contributed by atoms with Crippen LogP contribution in [0.4, 0.5) is 14.9 Å². The lowest BCUT2D eigenvalue weighted by Crippen LogP contribution is -2.35. The van der Waals surface area contributed by atoms with Crippen LogP contribution in [-0.2, 0) is 4.79 Å². The number of halogens is 1. The van der Waals surface area contributed by atoms with Crippen molar-refractivity contribution in [2.45, 2.75) is 4.90 Å². The number of nitrogens with one attached hydrogen (secondary N) is 2. The second-order valence-electron chi connectivity index (χ2n) is 5.08. The zero-order chi connectivity index (χ0) is 17.6. The third-order valence-electron chi connectivity index (χ3n) is 3.25. The van der Waals surface area contributed by atoms with Gasteiger partial charge in [0.05, 0.1) is 5.75 Å². The molecule has 8 heteroatoms. The van der Waals surface area contributed by atoms with Crippen LogP contribution < -0.4 is 20.1 Å². The molecule has 1 heterocycles. The smallest absolute Gasteiger partial charge is 0.325 e. The Kier molecular flexibility index (Phi) is 5.39. The SMILES string of the molecule is O=C(CSc1ccccc1F)NC(=O)Nc1ccc2c(c1)OCCO2. The van der Waals surface area contributed by atoms with Crippen molar-refractivity contribution in [3.05, 3.63) is 48.3 Å². The molecule has 130 valence electrons. The van der Waals surface area contributed by atoms with E-state index in [4.69, 9.17) is 9.47 Å². The van der Waals surface area contributed by atoms with Gasteiger partial charge in [0.15, 0.2) is 11.5 Å². The molecule has 0 atom stereocenters. The molecule has 0 bridgehead atoms. The summed E-state index contributed by atoms with van der Waals surface area (Å²) in [5.41, 5.74) is 0.469. The Labute approximate surface area is 147 Å². The van der Waals surface area contributed by atoms with Crippen molar-refractivity contribution in [3.63, 3.8) is 0 Å². The highest BCUT2D eigenvalue weighted by Crippen LogP contribution is 2.32. The van der Waals surface area contributed by atoms with Crippen LogP contribution >= 0.6 is 11.8 Å². The van der Waals surface area contributed by atoms with Crippen molar-refractivity contribution in [2.24, 2.45) is 0 Å². The number of thioether (sulfide) groups is 1. The Morgan fingerprint density at radius 2 is 1.84 bits per heavy atom. The van der Waals surface area contributed by atoms with Crippen LogP contribution in [-0.4, -0.2) is 30.9 Å². The van der Waals surface area contributed by atoms with Gasteiger partial charge in [0.1, 0.15) is 19.0 Å². The van der Waals surface area contributed by atoms with E-state index in [0.717, 1.165) is 11.8 Å². The van der Waals surface area contributed by atoms with Crippen LogP contribution in [0.25, 0.3) is 0 Å². The summed E-state index contributed by atoms with van der Waals surface area (Å²) in [5, 5.41) is 4.74. The van der Waals surface area contributed by atoms with Crippen LogP contribution in [0.3, 0.4) is 0 Å². The summed E-state index contributed by atoms with van der Waals surface area (Å²) in [7, 11) is 0. The van der Waals surface area contributed by atoms with Gasteiger partial charge in [0.25, 0.3) is 0 Å². The van der Waals surface area contributed by atoms with Gasteiger partial charge in [-0.15, -0.1) is 11.8 Å². The molecule has 0 saturated heterocycles. The number of carbonyl (C=O) groups excluding carboxylic acids is 2. The van der Waals surface area contributed by atoms with E-state index in [1.165, 1.54) is 6.07 Å². The number of ether oxygens (including phenoxy) is 2. The molecule has 0 aliphatic carbocycles. The van der Waals surface area contributed by atoms with Gasteiger partial charge in [-0.1, -0.05) is 12.1 Å². The van der Waals surface area contributed by atoms with Crippen molar-refractivity contribution >= 4 is 29.4 Å². The molecular weight excluding hydrogens is 347 g/mol. The number of urea groups is 1. The molecule has 0 aromatic heterocycles. The number of anilines is 1. The highest BCUT2D eigenvalue weighted by atomic mass is 32.2. The third kappa shape index (κ3) is 4.63. The van der Waals surface area contributed by atoms with Gasteiger partial charge in [-0.3, -0.25) is 10.1 Å². The van der Waals surface area contributed by atoms with Gasteiger partial charge in [-0.2, -0.15) is 0 Å². The van der Waals surface area contributed by atoms with Crippen LogP contribution in [0.15, 0.2) is 47.4 Å². The second kappa shape index (κ2) is 7.89. The molecule has 25 heavy (non-hydrogen) atoms. The molecule has 3 amide bonds. The van der Waals surface area contributed by atoms with Crippen molar-refractivity contribution in [2.75, 3.05) is 24.3 Å². The quantitative estimate of drug-likeness (QED) is 0.818. The molecule has 0 radical (unpaired) electrons. The lowest BCUT2D eigenvalue weighted by molar-refractivity contribution is -0.117. The van der Waals surface area contributed by atoms with Crippen LogP contribution in [0.1, 0.15) is 0 Å². The Morgan fingerprint density at radius 1 is 1.08 bits per heavy atom. The molecular formula is C17H15FN2O4S. The molecule has 2 aromatic carbocycles. The number of rotatable bonds is 4. The standard InChI is InChI=1S/C17H15FN2O4S/c18-12-3-1-2-4-15(12)25-10-16(21)20-17(22)19-11-5-6-13-14(9-11)24-8-7-23-13/h1-6,9H,7-8,10H2,(H2,19,20,21,22). The molecule has 2 aromatic rings. The summed E-state index contributed by atoms with van der Waals surface area (Å²) in [5.74, 6) is 0.138. The van der Waals surface area contributed by atoms with E-state index in [2.05, 4.69) is 10.6 Å². The maximum atomic E-state index is 13.5. The Hall–Kier alpha value is -2.74. The molecule has 3 rings (SSSR count). The molecule has 1 aliphatic heterocycles. The van der Waals surface area contributed by atoms with Crippen molar-refractivity contribution in [3.8, 4) is 11.5 Å². The highest BCUT2D eigenvalue weighted by Gasteiger charge is 2.14. The Morgan fingerprint density at radius 3 is 2.64 bits per heavy atom. The minimum Gasteiger partial charge on any atom is -0.486 e. The van der Waals surface area contributed by atoms with Gasteiger partial charge < -0.3 is 14.8 Å². The van der Waals surface area contributed by atoms with Gasteiger partial charge in [-0.25, -0.2) is 9.18 Å². The molecule has 0 saturated carbocycles. The minimum atomic E-state index is -0.671. The zero-order valence-electron chi connectivity index (χ0n) is 13.1. The number of fused-ring (bicyclic) bond motifs is 1. The number of imide groups is 1. The summed E-state index contributed by atoms with van der Waals surface area (Å²) in [4.78, 5) is 24.0. The topological polar surface area (TPSA) is 76.7 Å². The van der Waals surface area contributed by atoms with Gasteiger partial charge in [0, 0.05) is 16.6 Å². The van der Waals surface area contributed by atoms with E-state index in [1.54, 1.807) is 36.4 Å². The average molecular weight is 362 g/mol. The van der Waals surface area contributed by atoms with E-state index in [9.17, 15) is 14.0 Å². The first-order chi connectivity index (χ1) is 12.1. The Balaban J connectivity index is 1.50. The fraction of sp³-hybridized carbons (Fsp3) is 0.176. The maximum Gasteiger partial charge on any atom is 0.325 e. The van der Waals surface area contributed by atoms with E-state index in [-0.39, 0.29) is 5.75 Å². The van der Waals surface area contributed by atoms with Gasteiger partial charge in [-0.05, 0) is 24.3 Å². The summed E-state index contributed by atoms with van der Waals surface area (Å²) in [6.07, 6.45) is 0. The first kappa shape index (κ1) is 17.1. The number of hydrogen-bond acceptors (Lipinski definition) is 5. The zero-order valence-corrected chi connectivity index (χ0v) is 13.9. The molecule has 0 fully saturated rings. The lowest BCUT2D eigenvalue weighted by atomic mass is 10.2. The van der Waals surface area contributed by atoms with Gasteiger partial charge in [0.2, 0.25) is 5.91 Å². The minimum absolute atomic E-state index is 0.0739. The average Bonchev–Trinajstić information content (AvgIpc) is 2.61. The first-order valence-corrected chi connectivity index (χ1v) is 8.48. The Bertz CT molecular complexity index is 800. The largest absolute Gasteiger partial charge is 0.486 e. The van der Waals surface area contributed by atoms with Crippen molar-refractivity contribution in [1.82, 2.24) is 5.32 Å². The van der Waals surface area contributed by atoms with Gasteiger partial charge >= 0.3 is 6.03 Å². The lowest BCUT2D eigenvalue weighted by Gasteiger charge is -2.19. The fourth-order valence-electron chi connectivity index (χ4n) is 2.15. The predicted octanol–water partition coefficient (Wildman–Crippen LogP) is 3.04. The third-order valence-corrected chi connectivity index (χ3v) is 4.30. The molecule has 1 aliphatic rings. The van der Waals surface area contributed by atoms with Crippen LogP contribution in [0, 0.1) is 5.82 Å². The molecule has 6 nitrogen and oxygen atoms in total. The molecule has 0 unspecified atom stereocenters. The van der Waals surface area contributed by atoms with Crippen LogP contribution in [0.5, 0.6) is 11.5 Å². The molecule has 2 N–H and O–H groups in total. The first-order valence-electron chi connectivity index (χ1n) is 7.49. The number of amides is 3. The van der Waals surface area contributed by atoms with Crippen molar-refractivity contribution < 1.29 is 23.5 Å². The van der Waals surface area contributed by atoms with Crippen LogP contribution in [0.2, 0.25) is 0 Å². The normalized spacial score (nSPS) is 12.4. The maximum absolute atomic E-state index is 13.5. The van der Waals surface area contributed by atoms with E-state index in [1.807, 2.05) is 0 Å². The summed E-state index contributed by atoms with van der Waals surface area (Å²) >= 11 is 1.02. The predicted molar refractivity (Wildman–Crippen MR) is 91.7 cm³/mol. The summed E-state index contributed by atoms with van der Waals surface area (Å²) < 4.78 is 24.3. The highest BCUT2D eigenvalue weighted by molar-refractivity contribution is 8.00. The number of carbonyl (C=O) groups is 2. The number of benzene rings is 2. The number of hydrogen-bond donors (Lipinski definition) is 2. The fourth-order valence-corrected chi connectivity index (χ4v) is 2.89. The molecule has 0 spiro atoms. The van der Waals surface area contributed by atoms with E-state index in [0.29, 0.717) is 35.3 Å². The van der Waals surface area contributed by atoms with E-state index < -0.39 is 17.8 Å². The van der Waals surface area contributed by atoms with E-state index >= 15 is 0 Å². The summed E-state index contributed by atoms with van der Waals surface area (Å²) in [6.45, 7) is 0.919.